The van der Waals surface area contributed by atoms with Gasteiger partial charge < -0.3 is 14.9 Å². The van der Waals surface area contributed by atoms with Crippen LogP contribution in [-0.2, 0) is 6.61 Å². The quantitative estimate of drug-likeness (QED) is 0.302. The summed E-state index contributed by atoms with van der Waals surface area (Å²) in [6.45, 7) is 1.97. The molecule has 4 aromatic carbocycles. The average molecular weight is 426 g/mol. The third-order valence-electron chi connectivity index (χ3n) is 5.12. The van der Waals surface area contributed by atoms with E-state index in [4.69, 9.17) is 4.74 Å². The highest BCUT2D eigenvalue weighted by molar-refractivity contribution is 6.03. The van der Waals surface area contributed by atoms with Crippen molar-refractivity contribution in [3.05, 3.63) is 101 Å². The van der Waals surface area contributed by atoms with Crippen molar-refractivity contribution in [1.82, 2.24) is 5.43 Å². The van der Waals surface area contributed by atoms with E-state index in [1.165, 1.54) is 6.07 Å². The minimum absolute atomic E-state index is 0.140. The van der Waals surface area contributed by atoms with Crippen LogP contribution in [0.15, 0.2) is 84.0 Å². The fourth-order valence-electron chi connectivity index (χ4n) is 3.34. The molecule has 32 heavy (non-hydrogen) atoms. The Morgan fingerprint density at radius 3 is 2.47 bits per heavy atom. The van der Waals surface area contributed by atoms with Crippen molar-refractivity contribution in [1.29, 1.82) is 0 Å². The van der Waals surface area contributed by atoms with Crippen LogP contribution in [0.2, 0.25) is 0 Å². The number of para-hydroxylation sites is 1. The van der Waals surface area contributed by atoms with Gasteiger partial charge in [0.15, 0.2) is 0 Å². The number of nitrogens with zero attached hydrogens (tertiary/aromatic N) is 1. The minimum Gasteiger partial charge on any atom is -0.508 e. The molecule has 0 aromatic heterocycles. The molecule has 0 fully saturated rings. The molecule has 4 aromatic rings. The molecule has 3 N–H and O–H groups in total. The van der Waals surface area contributed by atoms with Crippen molar-refractivity contribution in [2.24, 2.45) is 5.10 Å². The molecule has 0 aliphatic carbocycles. The van der Waals surface area contributed by atoms with Gasteiger partial charge >= 0.3 is 0 Å². The normalized spacial score (nSPS) is 11.0. The lowest BCUT2D eigenvalue weighted by Gasteiger charge is -2.12. The Bertz CT molecular complexity index is 1310. The van der Waals surface area contributed by atoms with Crippen LogP contribution in [0.25, 0.3) is 10.8 Å². The molecular weight excluding hydrogens is 404 g/mol. The van der Waals surface area contributed by atoms with Crippen LogP contribution in [0, 0.1) is 6.92 Å². The standard InChI is InChI=1S/C26H22N2O4/c1-17-14-18(10-12-23(17)29)26(31)28-27-15-19-11-13-25(22-8-4-3-7-21(19)22)32-16-20-6-2-5-9-24(20)30/h2-15,29-30H,16H2,1H3,(H,28,31)/b27-15+. The molecule has 160 valence electrons. The summed E-state index contributed by atoms with van der Waals surface area (Å²) in [5, 5.41) is 25.5. The van der Waals surface area contributed by atoms with E-state index in [1.807, 2.05) is 48.5 Å². The van der Waals surface area contributed by atoms with Crippen molar-refractivity contribution in [2.75, 3.05) is 0 Å². The Hall–Kier alpha value is -4.32. The van der Waals surface area contributed by atoms with Gasteiger partial charge in [0, 0.05) is 22.1 Å². The van der Waals surface area contributed by atoms with Crippen molar-refractivity contribution in [2.45, 2.75) is 13.5 Å². The number of phenols is 2. The molecule has 0 radical (unpaired) electrons. The van der Waals surface area contributed by atoms with Gasteiger partial charge in [0.2, 0.25) is 0 Å². The number of aryl methyl sites for hydroxylation is 1. The third-order valence-corrected chi connectivity index (χ3v) is 5.12. The molecule has 0 atom stereocenters. The number of ether oxygens (including phenoxy) is 1. The highest BCUT2D eigenvalue weighted by Crippen LogP contribution is 2.29. The maximum Gasteiger partial charge on any atom is 0.271 e. The number of carbonyl (C=O) groups excluding carboxylic acids is 1. The average Bonchev–Trinajstić information content (AvgIpc) is 2.81. The Balaban J connectivity index is 1.52. The number of fused-ring (bicyclic) bond motifs is 1. The molecule has 0 saturated carbocycles. The van der Waals surface area contributed by atoms with Gasteiger partial charge in [-0.05, 0) is 54.3 Å². The molecule has 0 bridgehead atoms. The van der Waals surface area contributed by atoms with E-state index in [-0.39, 0.29) is 24.0 Å². The Morgan fingerprint density at radius 1 is 0.938 bits per heavy atom. The van der Waals surface area contributed by atoms with Crippen LogP contribution < -0.4 is 10.2 Å². The number of hydrogen-bond donors (Lipinski definition) is 3. The van der Waals surface area contributed by atoms with E-state index in [0.29, 0.717) is 22.4 Å². The Morgan fingerprint density at radius 2 is 1.69 bits per heavy atom. The largest absolute Gasteiger partial charge is 0.508 e. The lowest BCUT2D eigenvalue weighted by Crippen LogP contribution is -2.17. The minimum atomic E-state index is -0.365. The summed E-state index contributed by atoms with van der Waals surface area (Å²) in [5.41, 5.74) is 5.07. The molecule has 4 rings (SSSR count). The summed E-state index contributed by atoms with van der Waals surface area (Å²) in [7, 11) is 0. The zero-order valence-corrected chi connectivity index (χ0v) is 17.4. The van der Waals surface area contributed by atoms with Crippen molar-refractivity contribution >= 4 is 22.9 Å². The lowest BCUT2D eigenvalue weighted by molar-refractivity contribution is 0.0955. The number of amides is 1. The molecule has 0 spiro atoms. The number of rotatable bonds is 6. The summed E-state index contributed by atoms with van der Waals surface area (Å²) >= 11 is 0. The first kappa shape index (κ1) is 20.9. The lowest BCUT2D eigenvalue weighted by atomic mass is 10.0. The molecular formula is C26H22N2O4. The topological polar surface area (TPSA) is 91.2 Å². The second-order valence-corrected chi connectivity index (χ2v) is 7.32. The van der Waals surface area contributed by atoms with Gasteiger partial charge in [-0.3, -0.25) is 4.79 Å². The van der Waals surface area contributed by atoms with Crippen LogP contribution in [-0.4, -0.2) is 22.3 Å². The fourth-order valence-corrected chi connectivity index (χ4v) is 3.34. The molecule has 0 heterocycles. The van der Waals surface area contributed by atoms with Crippen LogP contribution >= 0.6 is 0 Å². The first-order chi connectivity index (χ1) is 15.5. The monoisotopic (exact) mass is 426 g/mol. The van der Waals surface area contributed by atoms with Crippen molar-refractivity contribution < 1.29 is 19.7 Å². The molecule has 6 nitrogen and oxygen atoms in total. The molecule has 1 amide bonds. The molecule has 0 aliphatic heterocycles. The third kappa shape index (κ3) is 4.54. The predicted molar refractivity (Wildman–Crippen MR) is 124 cm³/mol. The number of phenolic OH excluding ortho intramolecular Hbond substituents is 2. The number of aromatic hydroxyl groups is 2. The van der Waals surface area contributed by atoms with Gasteiger partial charge in [0.1, 0.15) is 23.9 Å². The van der Waals surface area contributed by atoms with Gasteiger partial charge in [-0.2, -0.15) is 5.10 Å². The van der Waals surface area contributed by atoms with E-state index in [9.17, 15) is 15.0 Å². The molecule has 6 heteroatoms. The highest BCUT2D eigenvalue weighted by Gasteiger charge is 2.09. The summed E-state index contributed by atoms with van der Waals surface area (Å²) in [6, 6.07) is 23.1. The van der Waals surface area contributed by atoms with Crippen LogP contribution in [0.4, 0.5) is 0 Å². The van der Waals surface area contributed by atoms with Crippen LogP contribution in [0.1, 0.15) is 27.0 Å². The predicted octanol–water partition coefficient (Wildman–Crippen LogP) is 4.90. The summed E-state index contributed by atoms with van der Waals surface area (Å²) < 4.78 is 5.97. The van der Waals surface area contributed by atoms with E-state index in [0.717, 1.165) is 16.3 Å². The van der Waals surface area contributed by atoms with Crippen LogP contribution in [0.5, 0.6) is 17.2 Å². The summed E-state index contributed by atoms with van der Waals surface area (Å²) in [6.07, 6.45) is 1.58. The van der Waals surface area contributed by atoms with Crippen LogP contribution in [0.3, 0.4) is 0 Å². The Labute approximate surface area is 185 Å². The maximum atomic E-state index is 12.3. The maximum absolute atomic E-state index is 12.3. The Kier molecular flexibility index (Phi) is 6.03. The van der Waals surface area contributed by atoms with E-state index < -0.39 is 0 Å². The van der Waals surface area contributed by atoms with Gasteiger partial charge in [-0.1, -0.05) is 42.5 Å². The zero-order chi connectivity index (χ0) is 22.5. The van der Waals surface area contributed by atoms with E-state index >= 15 is 0 Å². The number of carbonyl (C=O) groups is 1. The first-order valence-corrected chi connectivity index (χ1v) is 10.1. The fraction of sp³-hybridized carbons (Fsp3) is 0.0769. The zero-order valence-electron chi connectivity index (χ0n) is 17.4. The van der Waals surface area contributed by atoms with Gasteiger partial charge in [-0.25, -0.2) is 5.43 Å². The molecule has 0 saturated heterocycles. The summed E-state index contributed by atoms with van der Waals surface area (Å²) in [5.74, 6) is 0.655. The molecule has 0 aliphatic rings. The van der Waals surface area contributed by atoms with Gasteiger partial charge in [-0.15, -0.1) is 0 Å². The molecule has 0 unspecified atom stereocenters. The SMILES string of the molecule is Cc1cc(C(=O)N/N=C/c2ccc(OCc3ccccc3O)c3ccccc23)ccc1O. The number of benzene rings is 4. The van der Waals surface area contributed by atoms with Crippen molar-refractivity contribution in [3.8, 4) is 17.2 Å². The number of hydrogen-bond acceptors (Lipinski definition) is 5. The number of nitrogens with one attached hydrogen (secondary N) is 1. The van der Waals surface area contributed by atoms with E-state index in [2.05, 4.69) is 10.5 Å². The highest BCUT2D eigenvalue weighted by atomic mass is 16.5. The van der Waals surface area contributed by atoms with Gasteiger partial charge in [0.05, 0.1) is 6.21 Å². The second kappa shape index (κ2) is 9.22. The van der Waals surface area contributed by atoms with E-state index in [1.54, 1.807) is 37.4 Å². The van der Waals surface area contributed by atoms with Gasteiger partial charge in [0.25, 0.3) is 5.91 Å². The first-order valence-electron chi connectivity index (χ1n) is 10.1. The smallest absolute Gasteiger partial charge is 0.271 e. The van der Waals surface area contributed by atoms with Crippen molar-refractivity contribution in [3.63, 3.8) is 0 Å². The number of hydrazone groups is 1. The summed E-state index contributed by atoms with van der Waals surface area (Å²) in [4.78, 5) is 12.3. The second-order valence-electron chi connectivity index (χ2n) is 7.32.